The third-order valence-electron chi connectivity index (χ3n) is 4.52. The molecule has 0 saturated heterocycles. The fraction of sp³-hybridized carbons (Fsp3) is 0.304. The highest BCUT2D eigenvalue weighted by Gasteiger charge is 2.13. The summed E-state index contributed by atoms with van der Waals surface area (Å²) in [6, 6.07) is 13.2. The van der Waals surface area contributed by atoms with E-state index >= 15 is 0 Å². The van der Waals surface area contributed by atoms with E-state index in [-0.39, 0.29) is 12.3 Å². The van der Waals surface area contributed by atoms with Crippen molar-refractivity contribution in [2.45, 2.75) is 6.42 Å². The molecule has 3 aromatic rings. The van der Waals surface area contributed by atoms with E-state index < -0.39 is 0 Å². The molecule has 0 bridgehead atoms. The van der Waals surface area contributed by atoms with Crippen LogP contribution in [0.1, 0.15) is 5.56 Å². The van der Waals surface area contributed by atoms with Crippen LogP contribution in [0.5, 0.6) is 17.2 Å². The van der Waals surface area contributed by atoms with E-state index in [1.807, 2.05) is 49.8 Å². The van der Waals surface area contributed by atoms with Crippen molar-refractivity contribution in [3.63, 3.8) is 0 Å². The maximum atomic E-state index is 12.5. The molecule has 0 aliphatic carbocycles. The Labute approximate surface area is 186 Å². The van der Waals surface area contributed by atoms with Gasteiger partial charge in [0.25, 0.3) is 0 Å². The molecule has 1 aromatic heterocycles. The Kier molecular flexibility index (Phi) is 7.86. The second-order valence-corrected chi connectivity index (χ2v) is 7.96. The summed E-state index contributed by atoms with van der Waals surface area (Å²) in [5.74, 6) is 1.85. The molecule has 0 unspecified atom stereocenters. The number of amides is 1. The van der Waals surface area contributed by atoms with Gasteiger partial charge in [0, 0.05) is 17.5 Å². The minimum Gasteiger partial charge on any atom is -0.493 e. The maximum Gasteiger partial charge on any atom is 0.230 e. The van der Waals surface area contributed by atoms with Gasteiger partial charge in [0.05, 0.1) is 26.3 Å². The van der Waals surface area contributed by atoms with Gasteiger partial charge in [-0.3, -0.25) is 4.79 Å². The summed E-state index contributed by atoms with van der Waals surface area (Å²) in [6.45, 7) is 1.41. The maximum absolute atomic E-state index is 12.5. The number of ether oxygens (including phenoxy) is 3. The molecule has 0 aliphatic rings. The fourth-order valence-corrected chi connectivity index (χ4v) is 3.66. The average molecular weight is 442 g/mol. The topological polar surface area (TPSA) is 72.9 Å². The number of hydrogen-bond acceptors (Lipinski definition) is 7. The van der Waals surface area contributed by atoms with Gasteiger partial charge in [0.15, 0.2) is 16.6 Å². The summed E-state index contributed by atoms with van der Waals surface area (Å²) in [5.41, 5.74) is 2.50. The molecule has 7 nitrogen and oxygen atoms in total. The molecule has 0 fully saturated rings. The van der Waals surface area contributed by atoms with Gasteiger partial charge < -0.3 is 24.4 Å². The number of rotatable bonds is 10. The predicted molar refractivity (Wildman–Crippen MR) is 123 cm³/mol. The number of thiazole rings is 1. The normalized spacial score (nSPS) is 10.7. The first-order valence-corrected chi connectivity index (χ1v) is 10.7. The van der Waals surface area contributed by atoms with E-state index in [1.165, 1.54) is 11.3 Å². The van der Waals surface area contributed by atoms with E-state index in [4.69, 9.17) is 14.2 Å². The van der Waals surface area contributed by atoms with Crippen molar-refractivity contribution in [2.24, 2.45) is 0 Å². The minimum atomic E-state index is -0.149. The van der Waals surface area contributed by atoms with Crippen LogP contribution in [0.2, 0.25) is 0 Å². The first-order chi connectivity index (χ1) is 15.0. The number of nitrogens with one attached hydrogen (secondary N) is 1. The number of carbonyl (C=O) groups excluding carboxylic acids is 1. The fourth-order valence-electron chi connectivity index (χ4n) is 2.94. The molecule has 1 N–H and O–H groups in total. The lowest BCUT2D eigenvalue weighted by Crippen LogP contribution is -2.19. The standard InChI is InChI=1S/C23H27N3O4S/c1-26(2)11-12-30-19-8-6-5-7-17(19)18-15-31-23(24-18)25-22(27)14-16-9-10-20(28-3)21(13-16)29-4/h5-10,13,15H,11-12,14H2,1-4H3,(H,24,25,27). The van der Waals surface area contributed by atoms with Crippen molar-refractivity contribution in [3.8, 4) is 28.5 Å². The Balaban J connectivity index is 1.66. The van der Waals surface area contributed by atoms with Gasteiger partial charge in [-0.1, -0.05) is 18.2 Å². The van der Waals surface area contributed by atoms with Crippen molar-refractivity contribution in [1.82, 2.24) is 9.88 Å². The lowest BCUT2D eigenvalue weighted by molar-refractivity contribution is -0.115. The molecule has 164 valence electrons. The van der Waals surface area contributed by atoms with E-state index in [0.717, 1.165) is 29.1 Å². The van der Waals surface area contributed by atoms with Gasteiger partial charge >= 0.3 is 0 Å². The van der Waals surface area contributed by atoms with Gasteiger partial charge in [-0.05, 0) is 43.9 Å². The molecule has 8 heteroatoms. The van der Waals surface area contributed by atoms with E-state index in [9.17, 15) is 4.79 Å². The highest BCUT2D eigenvalue weighted by Crippen LogP contribution is 2.32. The molecular weight excluding hydrogens is 414 g/mol. The number of benzene rings is 2. The van der Waals surface area contributed by atoms with Gasteiger partial charge in [-0.25, -0.2) is 4.98 Å². The van der Waals surface area contributed by atoms with Crippen molar-refractivity contribution < 1.29 is 19.0 Å². The molecule has 0 saturated carbocycles. The first-order valence-electron chi connectivity index (χ1n) is 9.83. The van der Waals surface area contributed by atoms with Crippen molar-refractivity contribution in [3.05, 3.63) is 53.4 Å². The lowest BCUT2D eigenvalue weighted by Gasteiger charge is -2.13. The smallest absolute Gasteiger partial charge is 0.230 e. The van der Waals surface area contributed by atoms with Gasteiger partial charge in [0.2, 0.25) is 5.91 Å². The Morgan fingerprint density at radius 2 is 1.84 bits per heavy atom. The van der Waals surface area contributed by atoms with Gasteiger partial charge in [-0.2, -0.15) is 0 Å². The van der Waals surface area contributed by atoms with Crippen LogP contribution in [-0.2, 0) is 11.2 Å². The Hall–Kier alpha value is -3.10. The predicted octanol–water partition coefficient (Wildman–Crippen LogP) is 3.95. The number of para-hydroxylation sites is 1. The number of nitrogens with zero attached hydrogens (tertiary/aromatic N) is 2. The number of methoxy groups -OCH3 is 2. The van der Waals surface area contributed by atoms with Crippen LogP contribution in [0.25, 0.3) is 11.3 Å². The summed E-state index contributed by atoms with van der Waals surface area (Å²) in [7, 11) is 7.16. The third-order valence-corrected chi connectivity index (χ3v) is 5.28. The highest BCUT2D eigenvalue weighted by molar-refractivity contribution is 7.14. The zero-order chi connectivity index (χ0) is 22.2. The molecule has 3 rings (SSSR count). The van der Waals surface area contributed by atoms with E-state index in [2.05, 4.69) is 15.2 Å². The van der Waals surface area contributed by atoms with Crippen LogP contribution in [0.15, 0.2) is 47.8 Å². The van der Waals surface area contributed by atoms with Crippen molar-refractivity contribution in [2.75, 3.05) is 46.8 Å². The summed E-state index contributed by atoms with van der Waals surface area (Å²) in [6.07, 6.45) is 0.208. The lowest BCUT2D eigenvalue weighted by atomic mass is 10.1. The molecule has 0 radical (unpaired) electrons. The molecule has 1 amide bonds. The summed E-state index contributed by atoms with van der Waals surface area (Å²) >= 11 is 1.38. The number of hydrogen-bond donors (Lipinski definition) is 1. The number of aromatic nitrogens is 1. The first kappa shape index (κ1) is 22.6. The second-order valence-electron chi connectivity index (χ2n) is 7.10. The molecule has 31 heavy (non-hydrogen) atoms. The van der Waals surface area contributed by atoms with Gasteiger partial charge in [0.1, 0.15) is 12.4 Å². The van der Waals surface area contributed by atoms with Crippen LogP contribution < -0.4 is 19.5 Å². The van der Waals surface area contributed by atoms with Crippen LogP contribution in [-0.4, -0.2) is 57.3 Å². The van der Waals surface area contributed by atoms with Gasteiger partial charge in [-0.15, -0.1) is 11.3 Å². The molecule has 0 aliphatic heterocycles. The Bertz CT molecular complexity index is 1020. The van der Waals surface area contributed by atoms with Crippen molar-refractivity contribution in [1.29, 1.82) is 0 Å². The Morgan fingerprint density at radius 1 is 1.06 bits per heavy atom. The molecule has 0 spiro atoms. The van der Waals surface area contributed by atoms with E-state index in [1.54, 1.807) is 26.4 Å². The number of carbonyl (C=O) groups is 1. The molecule has 2 aromatic carbocycles. The zero-order valence-corrected chi connectivity index (χ0v) is 19.0. The van der Waals surface area contributed by atoms with Crippen LogP contribution in [0.3, 0.4) is 0 Å². The molecule has 0 atom stereocenters. The number of likely N-dealkylation sites (N-methyl/N-ethyl adjacent to an activating group) is 1. The SMILES string of the molecule is COc1ccc(CC(=O)Nc2nc(-c3ccccc3OCCN(C)C)cs2)cc1OC. The minimum absolute atomic E-state index is 0.149. The quantitative estimate of drug-likeness (QED) is 0.514. The van der Waals surface area contributed by atoms with Crippen LogP contribution in [0.4, 0.5) is 5.13 Å². The second kappa shape index (κ2) is 10.8. The monoisotopic (exact) mass is 441 g/mol. The Morgan fingerprint density at radius 3 is 2.58 bits per heavy atom. The van der Waals surface area contributed by atoms with E-state index in [0.29, 0.717) is 23.2 Å². The largest absolute Gasteiger partial charge is 0.493 e. The van der Waals surface area contributed by atoms with Crippen LogP contribution in [0, 0.1) is 0 Å². The zero-order valence-electron chi connectivity index (χ0n) is 18.2. The molecular formula is C23H27N3O4S. The van der Waals surface area contributed by atoms with Crippen LogP contribution >= 0.6 is 11.3 Å². The van der Waals surface area contributed by atoms with Crippen molar-refractivity contribution >= 4 is 22.4 Å². The highest BCUT2D eigenvalue weighted by atomic mass is 32.1. The summed E-state index contributed by atoms with van der Waals surface area (Å²) in [5, 5.41) is 5.33. The third kappa shape index (κ3) is 6.19. The molecule has 1 heterocycles. The number of anilines is 1. The average Bonchev–Trinajstić information content (AvgIpc) is 3.21. The summed E-state index contributed by atoms with van der Waals surface area (Å²) < 4.78 is 16.5. The summed E-state index contributed by atoms with van der Waals surface area (Å²) in [4.78, 5) is 19.2.